The molecule has 3 rings (SSSR count). The van der Waals surface area contributed by atoms with Crippen LogP contribution in [0.3, 0.4) is 0 Å². The van der Waals surface area contributed by atoms with Crippen LogP contribution in [0.4, 0.5) is 11.4 Å². The molecule has 130 valence electrons. The van der Waals surface area contributed by atoms with E-state index in [0.717, 1.165) is 11.3 Å². The second kappa shape index (κ2) is 6.84. The minimum absolute atomic E-state index is 0.0937. The summed E-state index contributed by atoms with van der Waals surface area (Å²) in [4.78, 5) is 25.7. The molecule has 2 aromatic rings. The molecule has 0 saturated heterocycles. The van der Waals surface area contributed by atoms with Crippen molar-refractivity contribution in [3.05, 3.63) is 48.0 Å². The van der Waals surface area contributed by atoms with Gasteiger partial charge in [-0.2, -0.15) is 0 Å². The van der Waals surface area contributed by atoms with Gasteiger partial charge in [-0.25, -0.2) is 0 Å². The smallest absolute Gasteiger partial charge is 0.267 e. The summed E-state index contributed by atoms with van der Waals surface area (Å²) in [6.45, 7) is 1.71. The van der Waals surface area contributed by atoms with Gasteiger partial charge in [-0.05, 0) is 36.8 Å². The van der Waals surface area contributed by atoms with Gasteiger partial charge in [0.2, 0.25) is 5.91 Å². The molecule has 1 atom stereocenters. The van der Waals surface area contributed by atoms with E-state index < -0.39 is 6.10 Å². The first kappa shape index (κ1) is 16.8. The van der Waals surface area contributed by atoms with Crippen molar-refractivity contribution in [1.82, 2.24) is 0 Å². The van der Waals surface area contributed by atoms with Gasteiger partial charge in [-0.3, -0.25) is 9.59 Å². The Morgan fingerprint density at radius 1 is 1.24 bits per heavy atom. The molecule has 6 nitrogen and oxygen atoms in total. The second-order valence-corrected chi connectivity index (χ2v) is 5.91. The SMILES string of the molecule is COc1ccc(CC(=O)Nc2ccc3c(c2)OC(C)C(=O)N3C)cc1. The van der Waals surface area contributed by atoms with Gasteiger partial charge in [0.05, 0.1) is 19.2 Å². The van der Waals surface area contributed by atoms with E-state index in [1.165, 1.54) is 0 Å². The summed E-state index contributed by atoms with van der Waals surface area (Å²) in [7, 11) is 3.31. The van der Waals surface area contributed by atoms with Crippen molar-refractivity contribution >= 4 is 23.2 Å². The number of amides is 2. The van der Waals surface area contributed by atoms with Gasteiger partial charge in [0.1, 0.15) is 11.5 Å². The van der Waals surface area contributed by atoms with E-state index in [9.17, 15) is 9.59 Å². The molecule has 0 saturated carbocycles. The number of hydrogen-bond acceptors (Lipinski definition) is 4. The summed E-state index contributed by atoms with van der Waals surface area (Å²) >= 11 is 0. The Morgan fingerprint density at radius 3 is 2.64 bits per heavy atom. The van der Waals surface area contributed by atoms with Crippen LogP contribution in [-0.2, 0) is 16.0 Å². The fourth-order valence-corrected chi connectivity index (χ4v) is 2.73. The number of benzene rings is 2. The summed E-state index contributed by atoms with van der Waals surface area (Å²) < 4.78 is 10.7. The third-order valence-corrected chi connectivity index (χ3v) is 4.11. The van der Waals surface area contributed by atoms with Crippen molar-refractivity contribution in [2.24, 2.45) is 0 Å². The van der Waals surface area contributed by atoms with Gasteiger partial charge in [0, 0.05) is 18.8 Å². The quantitative estimate of drug-likeness (QED) is 0.929. The van der Waals surface area contributed by atoms with Crippen LogP contribution < -0.4 is 19.7 Å². The number of ether oxygens (including phenoxy) is 2. The summed E-state index contributed by atoms with van der Waals surface area (Å²) in [5, 5.41) is 2.86. The van der Waals surface area contributed by atoms with Crippen molar-refractivity contribution in [3.63, 3.8) is 0 Å². The molecule has 1 aliphatic rings. The van der Waals surface area contributed by atoms with Gasteiger partial charge < -0.3 is 19.7 Å². The van der Waals surface area contributed by atoms with E-state index in [4.69, 9.17) is 9.47 Å². The Hall–Kier alpha value is -3.02. The summed E-state index contributed by atoms with van der Waals surface area (Å²) in [5.74, 6) is 1.11. The summed E-state index contributed by atoms with van der Waals surface area (Å²) in [6.07, 6.45) is -0.278. The number of carbonyl (C=O) groups excluding carboxylic acids is 2. The molecule has 2 aromatic carbocycles. The lowest BCUT2D eigenvalue weighted by Gasteiger charge is -2.30. The Labute approximate surface area is 146 Å². The van der Waals surface area contributed by atoms with Crippen LogP contribution in [0.5, 0.6) is 11.5 Å². The van der Waals surface area contributed by atoms with Crippen LogP contribution in [0.15, 0.2) is 42.5 Å². The van der Waals surface area contributed by atoms with E-state index in [0.29, 0.717) is 17.1 Å². The van der Waals surface area contributed by atoms with Crippen LogP contribution in [0.1, 0.15) is 12.5 Å². The zero-order chi connectivity index (χ0) is 18.0. The molecular formula is C19H20N2O4. The van der Waals surface area contributed by atoms with Crippen molar-refractivity contribution in [3.8, 4) is 11.5 Å². The topological polar surface area (TPSA) is 67.9 Å². The van der Waals surface area contributed by atoms with Crippen molar-refractivity contribution in [2.45, 2.75) is 19.4 Å². The molecule has 6 heteroatoms. The predicted molar refractivity (Wildman–Crippen MR) is 95.3 cm³/mol. The summed E-state index contributed by atoms with van der Waals surface area (Å²) in [5.41, 5.74) is 2.22. The number of likely N-dealkylation sites (N-methyl/N-ethyl adjacent to an activating group) is 1. The molecule has 0 bridgehead atoms. The minimum Gasteiger partial charge on any atom is -0.497 e. The van der Waals surface area contributed by atoms with Gasteiger partial charge in [-0.1, -0.05) is 12.1 Å². The second-order valence-electron chi connectivity index (χ2n) is 5.91. The zero-order valence-electron chi connectivity index (χ0n) is 14.4. The van der Waals surface area contributed by atoms with E-state index in [2.05, 4.69) is 5.32 Å². The number of carbonyl (C=O) groups is 2. The number of rotatable bonds is 4. The first-order chi connectivity index (χ1) is 12.0. The third-order valence-electron chi connectivity index (χ3n) is 4.11. The monoisotopic (exact) mass is 340 g/mol. The maximum absolute atomic E-state index is 12.2. The average Bonchev–Trinajstić information content (AvgIpc) is 2.60. The molecule has 1 aliphatic heterocycles. The van der Waals surface area contributed by atoms with Crippen molar-refractivity contribution in [1.29, 1.82) is 0 Å². The molecule has 0 radical (unpaired) electrons. The van der Waals surface area contributed by atoms with E-state index >= 15 is 0 Å². The van der Waals surface area contributed by atoms with Crippen LogP contribution in [-0.4, -0.2) is 32.1 Å². The molecule has 1 heterocycles. The molecule has 2 amide bonds. The fraction of sp³-hybridized carbons (Fsp3) is 0.263. The highest BCUT2D eigenvalue weighted by Gasteiger charge is 2.28. The number of nitrogens with one attached hydrogen (secondary N) is 1. The van der Waals surface area contributed by atoms with Crippen molar-refractivity contribution in [2.75, 3.05) is 24.4 Å². The number of nitrogens with zero attached hydrogens (tertiary/aromatic N) is 1. The molecule has 1 unspecified atom stereocenters. The Bertz CT molecular complexity index is 802. The lowest BCUT2D eigenvalue weighted by atomic mass is 10.1. The largest absolute Gasteiger partial charge is 0.497 e. The Kier molecular flexibility index (Phi) is 4.61. The molecule has 0 fully saturated rings. The van der Waals surface area contributed by atoms with Gasteiger partial charge in [0.15, 0.2) is 6.10 Å². The van der Waals surface area contributed by atoms with Crippen LogP contribution in [0.25, 0.3) is 0 Å². The minimum atomic E-state index is -0.539. The van der Waals surface area contributed by atoms with E-state index in [1.54, 1.807) is 44.2 Å². The number of anilines is 2. The van der Waals surface area contributed by atoms with Crippen LogP contribution >= 0.6 is 0 Å². The van der Waals surface area contributed by atoms with E-state index in [-0.39, 0.29) is 18.2 Å². The van der Waals surface area contributed by atoms with Crippen LogP contribution in [0.2, 0.25) is 0 Å². The molecule has 0 aromatic heterocycles. The normalized spacial score (nSPS) is 16.0. The Balaban J connectivity index is 1.69. The van der Waals surface area contributed by atoms with E-state index in [1.807, 2.05) is 24.3 Å². The highest BCUT2D eigenvalue weighted by molar-refractivity contribution is 6.00. The predicted octanol–water partition coefficient (Wildman–Crippen LogP) is 2.62. The standard InChI is InChI=1S/C19H20N2O4/c1-12-19(23)21(2)16-9-6-14(11-17(16)25-12)20-18(22)10-13-4-7-15(24-3)8-5-13/h4-9,11-12H,10H2,1-3H3,(H,20,22). The fourth-order valence-electron chi connectivity index (χ4n) is 2.73. The van der Waals surface area contributed by atoms with Crippen LogP contribution in [0, 0.1) is 0 Å². The highest BCUT2D eigenvalue weighted by atomic mass is 16.5. The molecule has 0 aliphatic carbocycles. The first-order valence-electron chi connectivity index (χ1n) is 7.99. The maximum atomic E-state index is 12.2. The lowest BCUT2D eigenvalue weighted by molar-refractivity contribution is -0.125. The highest BCUT2D eigenvalue weighted by Crippen LogP contribution is 2.35. The van der Waals surface area contributed by atoms with Gasteiger partial charge >= 0.3 is 0 Å². The zero-order valence-corrected chi connectivity index (χ0v) is 14.4. The lowest BCUT2D eigenvalue weighted by Crippen LogP contribution is -2.41. The molecule has 1 N–H and O–H groups in total. The van der Waals surface area contributed by atoms with Gasteiger partial charge in [0.25, 0.3) is 5.91 Å². The van der Waals surface area contributed by atoms with Crippen molar-refractivity contribution < 1.29 is 19.1 Å². The third kappa shape index (κ3) is 3.57. The van der Waals surface area contributed by atoms with Gasteiger partial charge in [-0.15, -0.1) is 0 Å². The number of fused-ring (bicyclic) bond motifs is 1. The number of hydrogen-bond donors (Lipinski definition) is 1. The maximum Gasteiger partial charge on any atom is 0.267 e. The average molecular weight is 340 g/mol. The molecule has 0 spiro atoms. The number of methoxy groups -OCH3 is 1. The summed E-state index contributed by atoms with van der Waals surface area (Å²) in [6, 6.07) is 12.6. The molecule has 25 heavy (non-hydrogen) atoms. The Morgan fingerprint density at radius 2 is 1.96 bits per heavy atom. The first-order valence-corrected chi connectivity index (χ1v) is 7.99. The molecular weight excluding hydrogens is 320 g/mol.